The summed E-state index contributed by atoms with van der Waals surface area (Å²) in [5.41, 5.74) is -0.404. The quantitative estimate of drug-likeness (QED) is 0.721. The summed E-state index contributed by atoms with van der Waals surface area (Å²) in [6.07, 6.45) is 4.45. The molecule has 1 atom stereocenters. The van der Waals surface area contributed by atoms with E-state index in [4.69, 9.17) is 9.47 Å². The fourth-order valence-electron chi connectivity index (χ4n) is 2.45. The topological polar surface area (TPSA) is 94.0 Å². The molecule has 0 spiro atoms. The number of aliphatic imine (C=N–C) groups is 1. The molecule has 1 aliphatic heterocycles. The van der Waals surface area contributed by atoms with Gasteiger partial charge in [0, 0.05) is 12.6 Å². The van der Waals surface area contributed by atoms with Crippen LogP contribution in [-0.4, -0.2) is 45.6 Å². The number of hydrogen-bond acceptors (Lipinski definition) is 7. The van der Waals surface area contributed by atoms with Gasteiger partial charge in [-0.3, -0.25) is 4.99 Å². The fraction of sp³-hybridized carbons (Fsp3) is 0.571. The van der Waals surface area contributed by atoms with Crippen molar-refractivity contribution in [1.82, 2.24) is 9.97 Å². The van der Waals surface area contributed by atoms with Crippen LogP contribution in [0, 0.1) is 5.92 Å². The number of anilines is 1. The number of rotatable bonds is 2. The number of imide groups is 1. The second kappa shape index (κ2) is 8.71. The van der Waals surface area contributed by atoms with Crippen LogP contribution >= 0.6 is 0 Å². The zero-order valence-electron chi connectivity index (χ0n) is 18.2. The molecule has 1 aliphatic rings. The van der Waals surface area contributed by atoms with E-state index in [0.717, 1.165) is 11.3 Å². The standard InChI is InChI=1S/C21H30N4O4/c1-14-8-9-15(22-11-10-14)16-12-17(24-13-23-16)25(18(26)28-20(2,3)4)19(27)29-21(5,6)7/h8-9,12-14H,10-11H2,1-7H3. The van der Waals surface area contributed by atoms with Gasteiger partial charge in [-0.25, -0.2) is 19.6 Å². The molecule has 1 aromatic rings. The molecule has 2 amide bonds. The minimum absolute atomic E-state index is 0.0619. The van der Waals surface area contributed by atoms with Crippen molar-refractivity contribution in [2.24, 2.45) is 10.9 Å². The van der Waals surface area contributed by atoms with Gasteiger partial charge in [-0.15, -0.1) is 0 Å². The highest BCUT2D eigenvalue weighted by Gasteiger charge is 2.34. The lowest BCUT2D eigenvalue weighted by Crippen LogP contribution is -2.44. The van der Waals surface area contributed by atoms with E-state index in [1.165, 1.54) is 12.4 Å². The number of carbonyl (C=O) groups is 2. The molecule has 2 heterocycles. The molecule has 0 bridgehead atoms. The van der Waals surface area contributed by atoms with Crippen LogP contribution in [0.4, 0.5) is 15.4 Å². The van der Waals surface area contributed by atoms with Crippen molar-refractivity contribution < 1.29 is 19.1 Å². The average molecular weight is 402 g/mol. The van der Waals surface area contributed by atoms with Crippen molar-refractivity contribution in [1.29, 1.82) is 0 Å². The molecule has 0 saturated heterocycles. The summed E-state index contributed by atoms with van der Waals surface area (Å²) in [7, 11) is 0. The second-order valence-corrected chi connectivity index (χ2v) is 8.95. The first-order valence-corrected chi connectivity index (χ1v) is 9.67. The molecule has 8 nitrogen and oxygen atoms in total. The van der Waals surface area contributed by atoms with Crippen LogP contribution in [0.3, 0.4) is 0 Å². The van der Waals surface area contributed by atoms with Crippen molar-refractivity contribution in [3.63, 3.8) is 0 Å². The highest BCUT2D eigenvalue weighted by Crippen LogP contribution is 2.21. The van der Waals surface area contributed by atoms with E-state index in [-0.39, 0.29) is 5.82 Å². The molecule has 8 heteroatoms. The van der Waals surface area contributed by atoms with Crippen molar-refractivity contribution in [3.05, 3.63) is 30.2 Å². The lowest BCUT2D eigenvalue weighted by Gasteiger charge is -2.28. The van der Waals surface area contributed by atoms with E-state index in [0.29, 0.717) is 23.9 Å². The summed E-state index contributed by atoms with van der Waals surface area (Å²) >= 11 is 0. The Balaban J connectivity index is 2.42. The van der Waals surface area contributed by atoms with Gasteiger partial charge in [0.2, 0.25) is 0 Å². The van der Waals surface area contributed by atoms with Crippen LogP contribution in [-0.2, 0) is 9.47 Å². The number of allylic oxidation sites excluding steroid dienone is 2. The summed E-state index contributed by atoms with van der Waals surface area (Å²) in [5, 5.41) is 0. The van der Waals surface area contributed by atoms with Crippen LogP contribution in [0.25, 0.3) is 0 Å². The summed E-state index contributed by atoms with van der Waals surface area (Å²) < 4.78 is 10.8. The van der Waals surface area contributed by atoms with Gasteiger partial charge in [-0.05, 0) is 60.0 Å². The number of carbonyl (C=O) groups excluding carboxylic acids is 2. The predicted molar refractivity (Wildman–Crippen MR) is 111 cm³/mol. The van der Waals surface area contributed by atoms with Crippen LogP contribution in [0.15, 0.2) is 29.5 Å². The zero-order valence-corrected chi connectivity index (χ0v) is 18.2. The molecule has 158 valence electrons. The summed E-state index contributed by atoms with van der Waals surface area (Å²) in [6.45, 7) is 13.1. The highest BCUT2D eigenvalue weighted by molar-refractivity contribution is 6.11. The maximum atomic E-state index is 12.8. The van der Waals surface area contributed by atoms with Gasteiger partial charge in [-0.1, -0.05) is 13.0 Å². The summed E-state index contributed by atoms with van der Waals surface area (Å²) in [5.74, 6) is 0.476. The molecule has 0 aromatic carbocycles. The van der Waals surface area contributed by atoms with Crippen molar-refractivity contribution in [2.45, 2.75) is 66.1 Å². The van der Waals surface area contributed by atoms with Crippen molar-refractivity contribution in [3.8, 4) is 0 Å². The summed E-state index contributed by atoms with van der Waals surface area (Å²) in [4.78, 5) is 39.2. The average Bonchev–Trinajstić information content (AvgIpc) is 2.76. The number of hydrogen-bond donors (Lipinski definition) is 0. The molecule has 1 unspecified atom stereocenters. The third-order valence-corrected chi connectivity index (χ3v) is 3.75. The normalized spacial score (nSPS) is 17.2. The van der Waals surface area contributed by atoms with Gasteiger partial charge >= 0.3 is 12.2 Å². The number of amides is 2. The Bertz CT molecular complexity index is 791. The molecular weight excluding hydrogens is 372 g/mol. The molecule has 0 N–H and O–H groups in total. The highest BCUT2D eigenvalue weighted by atomic mass is 16.6. The second-order valence-electron chi connectivity index (χ2n) is 8.95. The first-order chi connectivity index (χ1) is 13.4. The Morgan fingerprint density at radius 3 is 2.17 bits per heavy atom. The van der Waals surface area contributed by atoms with Gasteiger partial charge in [0.25, 0.3) is 0 Å². The minimum atomic E-state index is -0.872. The van der Waals surface area contributed by atoms with E-state index in [9.17, 15) is 9.59 Å². The number of aromatic nitrogens is 2. The third kappa shape index (κ3) is 6.96. The van der Waals surface area contributed by atoms with E-state index < -0.39 is 23.4 Å². The largest absolute Gasteiger partial charge is 0.443 e. The van der Waals surface area contributed by atoms with Gasteiger partial charge in [-0.2, -0.15) is 4.90 Å². The van der Waals surface area contributed by atoms with Gasteiger partial charge in [0.15, 0.2) is 5.82 Å². The van der Waals surface area contributed by atoms with Crippen LogP contribution in [0.1, 0.15) is 60.6 Å². The Morgan fingerprint density at radius 2 is 1.62 bits per heavy atom. The molecule has 29 heavy (non-hydrogen) atoms. The Labute approximate surface area is 172 Å². The van der Waals surface area contributed by atoms with Crippen LogP contribution in [0.2, 0.25) is 0 Å². The Kier molecular flexibility index (Phi) is 6.77. The maximum Gasteiger partial charge on any atom is 0.425 e. The van der Waals surface area contributed by atoms with Crippen molar-refractivity contribution >= 4 is 23.7 Å². The molecule has 1 aromatic heterocycles. The SMILES string of the molecule is CC1C=CC(c2cc(N(C(=O)OC(C)(C)C)C(=O)OC(C)(C)C)ncn2)=NCC1. The lowest BCUT2D eigenvalue weighted by atomic mass is 10.1. The number of ether oxygens (including phenoxy) is 2. The fourth-order valence-corrected chi connectivity index (χ4v) is 2.45. The predicted octanol–water partition coefficient (Wildman–Crippen LogP) is 4.54. The minimum Gasteiger partial charge on any atom is -0.443 e. The molecule has 2 rings (SSSR count). The number of nitrogens with zero attached hydrogens (tertiary/aromatic N) is 4. The molecule has 0 aliphatic carbocycles. The first-order valence-electron chi connectivity index (χ1n) is 9.67. The molecule has 0 fully saturated rings. The van der Waals surface area contributed by atoms with Crippen molar-refractivity contribution in [2.75, 3.05) is 11.4 Å². The van der Waals surface area contributed by atoms with Gasteiger partial charge in [0.1, 0.15) is 17.5 Å². The van der Waals surface area contributed by atoms with E-state index in [2.05, 4.69) is 28.0 Å². The van der Waals surface area contributed by atoms with Gasteiger partial charge < -0.3 is 9.47 Å². The summed E-state index contributed by atoms with van der Waals surface area (Å²) in [6, 6.07) is 1.53. The van der Waals surface area contributed by atoms with E-state index in [1.807, 2.05) is 6.08 Å². The smallest absolute Gasteiger partial charge is 0.425 e. The zero-order chi connectivity index (χ0) is 21.8. The van der Waals surface area contributed by atoms with Crippen LogP contribution < -0.4 is 4.90 Å². The van der Waals surface area contributed by atoms with E-state index >= 15 is 0 Å². The molecular formula is C21H30N4O4. The third-order valence-electron chi connectivity index (χ3n) is 3.75. The lowest BCUT2D eigenvalue weighted by molar-refractivity contribution is 0.0429. The van der Waals surface area contributed by atoms with Crippen LogP contribution in [0.5, 0.6) is 0 Å². The maximum absolute atomic E-state index is 12.8. The monoisotopic (exact) mass is 402 g/mol. The van der Waals surface area contributed by atoms with Gasteiger partial charge in [0.05, 0.1) is 11.4 Å². The molecule has 0 radical (unpaired) electrons. The van der Waals surface area contributed by atoms with E-state index in [1.54, 1.807) is 41.5 Å². The Hall–Kier alpha value is -2.77. The first kappa shape index (κ1) is 22.5. The Morgan fingerprint density at radius 1 is 1.03 bits per heavy atom. The molecule has 0 saturated carbocycles.